The first-order valence-electron chi connectivity index (χ1n) is 7.56. The smallest absolute Gasteiger partial charge is 0.205 e. The predicted molar refractivity (Wildman–Crippen MR) is 102 cm³/mol. The van der Waals surface area contributed by atoms with Crippen LogP contribution in [0.3, 0.4) is 0 Å². The summed E-state index contributed by atoms with van der Waals surface area (Å²) < 4.78 is 7.14. The van der Waals surface area contributed by atoms with Crippen LogP contribution >= 0.6 is 22.7 Å². The molecule has 2 aromatic heterocycles. The summed E-state index contributed by atoms with van der Waals surface area (Å²) in [7, 11) is 3.48. The van der Waals surface area contributed by atoms with Crippen LogP contribution in [0.4, 0.5) is 0 Å². The van der Waals surface area contributed by atoms with Crippen LogP contribution in [0.5, 0.6) is 5.75 Å². The molecule has 24 heavy (non-hydrogen) atoms. The molecule has 0 aliphatic rings. The van der Waals surface area contributed by atoms with Crippen molar-refractivity contribution in [2.45, 2.75) is 13.3 Å². The number of aromatic nitrogens is 1. The van der Waals surface area contributed by atoms with Gasteiger partial charge in [0.25, 0.3) is 0 Å². The van der Waals surface area contributed by atoms with Gasteiger partial charge in [-0.3, -0.25) is 4.99 Å². The summed E-state index contributed by atoms with van der Waals surface area (Å²) in [5.41, 5.74) is 3.33. The first kappa shape index (κ1) is 16.7. The third-order valence-electron chi connectivity index (χ3n) is 3.54. The number of benzene rings is 1. The Bertz CT molecular complexity index is 887. The maximum absolute atomic E-state index is 5.20. The van der Waals surface area contributed by atoms with Gasteiger partial charge in [-0.2, -0.15) is 5.10 Å². The fourth-order valence-electron chi connectivity index (χ4n) is 2.39. The second kappa shape index (κ2) is 7.59. The molecule has 0 spiro atoms. The summed E-state index contributed by atoms with van der Waals surface area (Å²) >= 11 is 3.32. The lowest BCUT2D eigenvalue weighted by Gasteiger charge is -2.06. The maximum Gasteiger partial charge on any atom is 0.205 e. The zero-order chi connectivity index (χ0) is 16.9. The molecule has 0 unspecified atom stereocenters. The van der Waals surface area contributed by atoms with Gasteiger partial charge in [-0.05, 0) is 36.1 Å². The number of methoxy groups -OCH3 is 1. The van der Waals surface area contributed by atoms with Gasteiger partial charge in [-0.1, -0.05) is 18.2 Å². The zero-order valence-electron chi connectivity index (χ0n) is 13.9. The molecule has 0 fully saturated rings. The van der Waals surface area contributed by atoms with Crippen molar-refractivity contribution in [3.05, 3.63) is 57.5 Å². The number of hydrogen-bond acceptors (Lipinski definition) is 5. The van der Waals surface area contributed by atoms with Crippen molar-refractivity contribution in [1.29, 1.82) is 0 Å². The van der Waals surface area contributed by atoms with E-state index >= 15 is 0 Å². The van der Waals surface area contributed by atoms with Gasteiger partial charge in [0.05, 0.1) is 17.7 Å². The van der Waals surface area contributed by atoms with Gasteiger partial charge >= 0.3 is 0 Å². The summed E-state index contributed by atoms with van der Waals surface area (Å²) in [4.78, 5) is 6.44. The molecular weight excluding hydrogens is 338 g/mol. The standard InChI is InChI=1S/C18H19N3OS2/c1-13(11-14-6-8-15(22-3)9-7-14)20-21-16(12-24-18(21)19-2)17-5-4-10-23-17/h4-10,12H,11H2,1-3H3. The van der Waals surface area contributed by atoms with E-state index in [1.807, 2.05) is 23.7 Å². The van der Waals surface area contributed by atoms with Crippen LogP contribution in [0.25, 0.3) is 10.6 Å². The quantitative estimate of drug-likeness (QED) is 0.628. The number of ether oxygens (including phenoxy) is 1. The second-order valence-corrected chi connectivity index (χ2v) is 7.06. The molecule has 1 aromatic carbocycles. The molecule has 4 nitrogen and oxygen atoms in total. The second-order valence-electron chi connectivity index (χ2n) is 5.28. The highest BCUT2D eigenvalue weighted by Gasteiger charge is 2.08. The van der Waals surface area contributed by atoms with Gasteiger partial charge in [0.1, 0.15) is 5.75 Å². The molecule has 3 rings (SSSR count). The molecule has 0 amide bonds. The molecule has 6 heteroatoms. The van der Waals surface area contributed by atoms with Gasteiger partial charge < -0.3 is 4.74 Å². The molecule has 0 atom stereocenters. The monoisotopic (exact) mass is 357 g/mol. The first-order chi connectivity index (χ1) is 11.7. The molecule has 0 bridgehead atoms. The Hall–Kier alpha value is -2.18. The molecule has 124 valence electrons. The van der Waals surface area contributed by atoms with Crippen LogP contribution in [0.1, 0.15) is 12.5 Å². The van der Waals surface area contributed by atoms with Crippen LogP contribution in [-0.4, -0.2) is 24.5 Å². The van der Waals surface area contributed by atoms with E-state index in [4.69, 9.17) is 9.84 Å². The van der Waals surface area contributed by atoms with Crippen molar-refractivity contribution in [2.24, 2.45) is 10.1 Å². The number of thiazole rings is 1. The lowest BCUT2D eigenvalue weighted by Crippen LogP contribution is -2.14. The molecule has 0 saturated carbocycles. The van der Waals surface area contributed by atoms with Crippen molar-refractivity contribution in [1.82, 2.24) is 4.68 Å². The zero-order valence-corrected chi connectivity index (χ0v) is 15.5. The molecule has 0 saturated heterocycles. The highest BCUT2D eigenvalue weighted by atomic mass is 32.1. The minimum atomic E-state index is 0.792. The molecule has 0 N–H and O–H groups in total. The molecule has 2 heterocycles. The number of nitrogens with zero attached hydrogens (tertiary/aromatic N) is 3. The van der Waals surface area contributed by atoms with E-state index in [2.05, 4.69) is 40.0 Å². The van der Waals surface area contributed by atoms with E-state index in [1.54, 1.807) is 36.8 Å². The van der Waals surface area contributed by atoms with Crippen LogP contribution in [0.15, 0.2) is 57.3 Å². The van der Waals surface area contributed by atoms with E-state index < -0.39 is 0 Å². The maximum atomic E-state index is 5.20. The van der Waals surface area contributed by atoms with Crippen molar-refractivity contribution in [3.8, 4) is 16.3 Å². The van der Waals surface area contributed by atoms with Gasteiger partial charge in [-0.15, -0.1) is 22.7 Å². The van der Waals surface area contributed by atoms with E-state index in [9.17, 15) is 0 Å². The average molecular weight is 358 g/mol. The lowest BCUT2D eigenvalue weighted by atomic mass is 10.1. The Morgan fingerprint density at radius 3 is 2.58 bits per heavy atom. The van der Waals surface area contributed by atoms with Gasteiger partial charge in [-0.25, -0.2) is 4.68 Å². The van der Waals surface area contributed by atoms with Crippen molar-refractivity contribution >= 4 is 28.4 Å². The predicted octanol–water partition coefficient (Wildman–Crippen LogP) is 4.28. The molecule has 0 aliphatic carbocycles. The van der Waals surface area contributed by atoms with Crippen LogP contribution in [0.2, 0.25) is 0 Å². The molecule has 3 aromatic rings. The Labute approximate surface area is 149 Å². The van der Waals surface area contributed by atoms with E-state index in [0.29, 0.717) is 0 Å². The fraction of sp³-hybridized carbons (Fsp3) is 0.222. The fourth-order valence-corrected chi connectivity index (χ4v) is 3.98. The first-order valence-corrected chi connectivity index (χ1v) is 9.32. The SMILES string of the molecule is CN=c1scc(-c2cccs2)n1N=C(C)Cc1ccc(OC)cc1. The number of hydrogen-bond donors (Lipinski definition) is 0. The van der Waals surface area contributed by atoms with Crippen LogP contribution < -0.4 is 9.54 Å². The minimum absolute atomic E-state index is 0.792. The largest absolute Gasteiger partial charge is 0.497 e. The average Bonchev–Trinajstić information content (AvgIpc) is 3.24. The van der Waals surface area contributed by atoms with Crippen LogP contribution in [0, 0.1) is 0 Å². The van der Waals surface area contributed by atoms with Crippen molar-refractivity contribution < 1.29 is 4.74 Å². The summed E-state index contributed by atoms with van der Waals surface area (Å²) in [6, 6.07) is 12.3. The van der Waals surface area contributed by atoms with Crippen LogP contribution in [-0.2, 0) is 6.42 Å². The Morgan fingerprint density at radius 1 is 1.17 bits per heavy atom. The highest BCUT2D eigenvalue weighted by molar-refractivity contribution is 7.14. The summed E-state index contributed by atoms with van der Waals surface area (Å²) in [5.74, 6) is 0.868. The third kappa shape index (κ3) is 3.66. The van der Waals surface area contributed by atoms with E-state index in [-0.39, 0.29) is 0 Å². The van der Waals surface area contributed by atoms with E-state index in [1.165, 1.54) is 10.4 Å². The van der Waals surface area contributed by atoms with Gasteiger partial charge in [0.2, 0.25) is 4.80 Å². The number of rotatable bonds is 5. The normalized spacial score (nSPS) is 12.6. The van der Waals surface area contributed by atoms with Crippen molar-refractivity contribution in [2.75, 3.05) is 14.2 Å². The summed E-state index contributed by atoms with van der Waals surface area (Å²) in [5, 5.41) is 9.00. The summed E-state index contributed by atoms with van der Waals surface area (Å²) in [6.45, 7) is 2.05. The summed E-state index contributed by atoms with van der Waals surface area (Å²) in [6.07, 6.45) is 0.792. The lowest BCUT2D eigenvalue weighted by molar-refractivity contribution is 0.414. The Kier molecular flexibility index (Phi) is 5.27. The Morgan fingerprint density at radius 2 is 1.96 bits per heavy atom. The molecule has 0 aliphatic heterocycles. The Balaban J connectivity index is 1.91. The van der Waals surface area contributed by atoms with Gasteiger partial charge in [0, 0.05) is 24.6 Å². The van der Waals surface area contributed by atoms with E-state index in [0.717, 1.165) is 28.4 Å². The topological polar surface area (TPSA) is 38.9 Å². The van der Waals surface area contributed by atoms with Gasteiger partial charge in [0.15, 0.2) is 0 Å². The third-order valence-corrected chi connectivity index (χ3v) is 5.34. The highest BCUT2D eigenvalue weighted by Crippen LogP contribution is 2.25. The molecule has 0 radical (unpaired) electrons. The van der Waals surface area contributed by atoms with Crippen molar-refractivity contribution in [3.63, 3.8) is 0 Å². The number of thiophene rings is 1. The molecular formula is C18H19N3OS2. The minimum Gasteiger partial charge on any atom is -0.497 e.